The van der Waals surface area contributed by atoms with Crippen LogP contribution in [0.3, 0.4) is 0 Å². The first-order valence-electron chi connectivity index (χ1n) is 13.2. The van der Waals surface area contributed by atoms with E-state index in [-0.39, 0.29) is 22.2 Å². The number of carbonyl (C=O) groups is 1. The predicted molar refractivity (Wildman–Crippen MR) is 154 cm³/mol. The number of benzene rings is 2. The fourth-order valence-electron chi connectivity index (χ4n) is 4.31. The molecule has 2 amide bonds. The van der Waals surface area contributed by atoms with Crippen molar-refractivity contribution >= 4 is 34.7 Å². The van der Waals surface area contributed by atoms with E-state index in [1.807, 2.05) is 20.8 Å². The molecule has 218 valence electrons. The summed E-state index contributed by atoms with van der Waals surface area (Å²) >= 11 is -0.229. The number of fused-ring (bicyclic) bond motifs is 1. The van der Waals surface area contributed by atoms with E-state index >= 15 is 0 Å². The molecule has 0 saturated carbocycles. The number of halogens is 3. The number of hydrogen-bond acceptors (Lipinski definition) is 6. The predicted octanol–water partition coefficient (Wildman–Crippen LogP) is 6.88. The highest BCUT2D eigenvalue weighted by atomic mass is 32.2. The zero-order valence-electron chi connectivity index (χ0n) is 23.1. The van der Waals surface area contributed by atoms with Gasteiger partial charge in [0.1, 0.15) is 11.6 Å². The second-order valence-electron chi connectivity index (χ2n) is 9.22. The number of alkyl halides is 3. The van der Waals surface area contributed by atoms with Gasteiger partial charge in [-0.15, -0.1) is 5.10 Å². The molecule has 4 rings (SSSR count). The number of rotatable bonds is 10. The Labute approximate surface area is 239 Å². The maximum atomic E-state index is 13.6. The van der Waals surface area contributed by atoms with Gasteiger partial charge >= 0.3 is 11.5 Å². The van der Waals surface area contributed by atoms with Crippen molar-refractivity contribution < 1.29 is 22.7 Å². The van der Waals surface area contributed by atoms with Crippen molar-refractivity contribution in [2.24, 2.45) is 0 Å². The molecule has 0 saturated heterocycles. The van der Waals surface area contributed by atoms with Crippen LogP contribution in [0.1, 0.15) is 45.1 Å². The smallest absolute Gasteiger partial charge is 0.446 e. The maximum absolute atomic E-state index is 13.6. The summed E-state index contributed by atoms with van der Waals surface area (Å²) in [4.78, 5) is 30.9. The van der Waals surface area contributed by atoms with Crippen LogP contribution in [0, 0.1) is 6.92 Å². The number of thioether (sulfide) groups is 1. The second-order valence-corrected chi connectivity index (χ2v) is 10.4. The number of carbonyl (C=O) groups excluding carboxylic acids is 1. The molecule has 0 atom stereocenters. The molecule has 0 fully saturated rings. The Morgan fingerprint density at radius 1 is 1.02 bits per heavy atom. The third-order valence-corrected chi connectivity index (χ3v) is 6.78. The molecule has 0 spiro atoms. The summed E-state index contributed by atoms with van der Waals surface area (Å²) < 4.78 is 47.0. The van der Waals surface area contributed by atoms with Gasteiger partial charge in [-0.25, -0.2) is 14.3 Å². The summed E-state index contributed by atoms with van der Waals surface area (Å²) in [6.07, 6.45) is 2.02. The number of nitrogens with one attached hydrogen (secondary N) is 2. The summed E-state index contributed by atoms with van der Waals surface area (Å²) in [5.41, 5.74) is -2.34. The van der Waals surface area contributed by atoms with E-state index in [0.29, 0.717) is 71.5 Å². The Hall–Kier alpha value is -4.00. The number of anilines is 2. The number of urea groups is 1. The van der Waals surface area contributed by atoms with Crippen molar-refractivity contribution in [2.45, 2.75) is 63.9 Å². The minimum absolute atomic E-state index is 0.0117. The number of amides is 2. The van der Waals surface area contributed by atoms with Gasteiger partial charge in [0, 0.05) is 29.2 Å². The lowest BCUT2D eigenvalue weighted by molar-refractivity contribution is -0.0328. The zero-order chi connectivity index (χ0) is 29.7. The molecule has 2 aromatic heterocycles. The lowest BCUT2D eigenvalue weighted by atomic mass is 10.1. The van der Waals surface area contributed by atoms with Crippen molar-refractivity contribution in [3.63, 3.8) is 0 Å². The lowest BCUT2D eigenvalue weighted by Gasteiger charge is -2.17. The molecule has 0 aliphatic carbocycles. The minimum atomic E-state index is -4.40. The summed E-state index contributed by atoms with van der Waals surface area (Å²) in [7, 11) is 0. The summed E-state index contributed by atoms with van der Waals surface area (Å²) in [6.45, 7) is 8.52. The third kappa shape index (κ3) is 7.02. The molecular weight excluding hydrogens is 557 g/mol. The first-order chi connectivity index (χ1) is 19.5. The topological polar surface area (TPSA) is 103 Å². The molecule has 13 heteroatoms. The van der Waals surface area contributed by atoms with Crippen LogP contribution in [-0.2, 0) is 13.0 Å². The van der Waals surface area contributed by atoms with Crippen LogP contribution in [0.4, 0.5) is 29.3 Å². The summed E-state index contributed by atoms with van der Waals surface area (Å²) in [5.74, 6) is 1.54. The standard InChI is InChI=1S/C28H31F3N6O3S/c1-5-14-36-25(35-37-23(7-3)32-17(4)24(37)26(36)38)21-16-19(10-13-22(21)40-15-6-2)34-27(39)33-18-8-11-20(12-9-18)41-28(29,30)31/h8-13,16H,5-7,14-15H2,1-4H3,(H2,33,34,39). The number of aryl methyl sites for hydroxylation is 2. The van der Waals surface area contributed by atoms with Crippen LogP contribution in [0.5, 0.6) is 5.75 Å². The van der Waals surface area contributed by atoms with E-state index in [9.17, 15) is 22.8 Å². The van der Waals surface area contributed by atoms with Gasteiger partial charge in [-0.3, -0.25) is 9.36 Å². The van der Waals surface area contributed by atoms with Gasteiger partial charge in [0.05, 0.1) is 17.9 Å². The average molecular weight is 589 g/mol. The van der Waals surface area contributed by atoms with Crippen LogP contribution in [-0.4, -0.2) is 37.3 Å². The van der Waals surface area contributed by atoms with Crippen LogP contribution >= 0.6 is 11.8 Å². The molecule has 0 radical (unpaired) electrons. The van der Waals surface area contributed by atoms with E-state index in [0.717, 1.165) is 6.42 Å². The van der Waals surface area contributed by atoms with E-state index in [2.05, 4.69) is 15.6 Å². The van der Waals surface area contributed by atoms with Crippen LogP contribution in [0.2, 0.25) is 0 Å². The quantitative estimate of drug-likeness (QED) is 0.196. The molecule has 2 heterocycles. The molecule has 0 bridgehead atoms. The minimum Gasteiger partial charge on any atom is -0.493 e. The van der Waals surface area contributed by atoms with Crippen molar-refractivity contribution in [1.82, 2.24) is 19.2 Å². The normalized spacial score (nSPS) is 11.6. The van der Waals surface area contributed by atoms with Gasteiger partial charge in [0.25, 0.3) is 5.56 Å². The van der Waals surface area contributed by atoms with Crippen LogP contribution < -0.4 is 20.9 Å². The van der Waals surface area contributed by atoms with Gasteiger partial charge in [-0.05, 0) is 74.0 Å². The number of ether oxygens (including phenoxy) is 1. The molecular formula is C28H31F3N6O3S. The lowest BCUT2D eigenvalue weighted by Crippen LogP contribution is -2.27. The SMILES string of the molecule is CCCOc1ccc(NC(=O)Nc2ccc(SC(F)(F)F)cc2)cc1-c1nn2c(CC)nc(C)c2c(=O)n1CCC. The molecule has 2 aromatic carbocycles. The highest BCUT2D eigenvalue weighted by Gasteiger charge is 2.29. The van der Waals surface area contributed by atoms with Crippen molar-refractivity contribution in [3.8, 4) is 17.1 Å². The molecule has 41 heavy (non-hydrogen) atoms. The largest absolute Gasteiger partial charge is 0.493 e. The highest BCUT2D eigenvalue weighted by molar-refractivity contribution is 8.00. The van der Waals surface area contributed by atoms with Crippen molar-refractivity contribution in [2.75, 3.05) is 17.2 Å². The van der Waals surface area contributed by atoms with Gasteiger partial charge in [0.2, 0.25) is 0 Å². The molecule has 0 aliphatic heterocycles. The molecule has 9 nitrogen and oxygen atoms in total. The van der Waals surface area contributed by atoms with Crippen molar-refractivity contribution in [1.29, 1.82) is 0 Å². The average Bonchev–Trinajstić information content (AvgIpc) is 3.25. The van der Waals surface area contributed by atoms with Gasteiger partial charge in [-0.2, -0.15) is 13.2 Å². The number of imidazole rings is 1. The van der Waals surface area contributed by atoms with Gasteiger partial charge < -0.3 is 15.4 Å². The van der Waals surface area contributed by atoms with E-state index in [4.69, 9.17) is 9.84 Å². The Balaban J connectivity index is 1.70. The fraction of sp³-hybridized carbons (Fsp3) is 0.357. The number of nitrogens with zero attached hydrogens (tertiary/aromatic N) is 4. The first kappa shape index (κ1) is 30.0. The summed E-state index contributed by atoms with van der Waals surface area (Å²) in [5, 5.41) is 10.2. The van der Waals surface area contributed by atoms with E-state index < -0.39 is 11.5 Å². The van der Waals surface area contributed by atoms with E-state index in [1.54, 1.807) is 34.2 Å². The monoisotopic (exact) mass is 588 g/mol. The zero-order valence-corrected chi connectivity index (χ0v) is 23.9. The second kappa shape index (κ2) is 12.7. The first-order valence-corrected chi connectivity index (χ1v) is 14.1. The number of hydrogen-bond donors (Lipinski definition) is 2. The van der Waals surface area contributed by atoms with Gasteiger partial charge in [-0.1, -0.05) is 20.8 Å². The van der Waals surface area contributed by atoms with E-state index in [1.165, 1.54) is 24.3 Å². The molecule has 0 aliphatic rings. The van der Waals surface area contributed by atoms with Crippen LogP contribution in [0.25, 0.3) is 16.9 Å². The Morgan fingerprint density at radius 3 is 2.34 bits per heavy atom. The number of aromatic nitrogens is 4. The summed E-state index contributed by atoms with van der Waals surface area (Å²) in [6, 6.07) is 9.80. The maximum Gasteiger partial charge on any atom is 0.446 e. The highest BCUT2D eigenvalue weighted by Crippen LogP contribution is 2.37. The molecule has 0 unspecified atom stereocenters. The Morgan fingerprint density at radius 2 is 1.71 bits per heavy atom. The van der Waals surface area contributed by atoms with Crippen molar-refractivity contribution in [3.05, 3.63) is 64.3 Å². The van der Waals surface area contributed by atoms with Gasteiger partial charge in [0.15, 0.2) is 11.3 Å². The Bertz CT molecular complexity index is 1600. The fourth-order valence-corrected chi connectivity index (χ4v) is 4.85. The van der Waals surface area contributed by atoms with Crippen LogP contribution in [0.15, 0.2) is 52.2 Å². The Kier molecular flexibility index (Phi) is 9.26. The molecule has 2 N–H and O–H groups in total. The third-order valence-electron chi connectivity index (χ3n) is 6.04. The molecule has 4 aromatic rings.